The van der Waals surface area contributed by atoms with E-state index in [9.17, 15) is 14.0 Å². The standard InChI is InChI=1S/C18H18FN5O3/c1-2-27-6-5-24-10-12(7-13(19)18(24)26)14-9-22-17-16(23-14)11(8-21-17)3-4-15(20)25/h3-4,7-10H,2,5-6H2,1H3,(H2,20,25)(H,21,22)/b4-3+. The van der Waals surface area contributed by atoms with Crippen LogP contribution in [0.15, 0.2) is 35.5 Å². The van der Waals surface area contributed by atoms with Crippen LogP contribution in [0.1, 0.15) is 12.5 Å². The van der Waals surface area contributed by atoms with Gasteiger partial charge in [-0.2, -0.15) is 0 Å². The number of nitrogens with one attached hydrogen (secondary N) is 1. The number of primary amides is 1. The molecule has 0 bridgehead atoms. The fourth-order valence-corrected chi connectivity index (χ4v) is 2.56. The summed E-state index contributed by atoms with van der Waals surface area (Å²) in [5.74, 6) is -1.47. The molecule has 140 valence electrons. The number of aromatic amines is 1. The first kappa shape index (κ1) is 18.5. The first-order valence-corrected chi connectivity index (χ1v) is 8.29. The van der Waals surface area contributed by atoms with Crippen molar-refractivity contribution in [2.24, 2.45) is 5.73 Å². The maximum Gasteiger partial charge on any atom is 0.286 e. The van der Waals surface area contributed by atoms with Crippen molar-refractivity contribution in [2.45, 2.75) is 13.5 Å². The summed E-state index contributed by atoms with van der Waals surface area (Å²) in [6.07, 6.45) is 7.36. The first-order valence-electron chi connectivity index (χ1n) is 8.29. The largest absolute Gasteiger partial charge is 0.380 e. The van der Waals surface area contributed by atoms with Crippen molar-refractivity contribution in [3.05, 3.63) is 52.5 Å². The van der Waals surface area contributed by atoms with E-state index in [1.807, 2.05) is 6.92 Å². The summed E-state index contributed by atoms with van der Waals surface area (Å²) in [5.41, 5.74) is 6.81. The maximum absolute atomic E-state index is 14.1. The van der Waals surface area contributed by atoms with Gasteiger partial charge in [0.05, 0.1) is 18.5 Å². The Morgan fingerprint density at radius 3 is 3.04 bits per heavy atom. The number of pyridine rings is 1. The number of rotatable bonds is 7. The topological polar surface area (TPSA) is 116 Å². The summed E-state index contributed by atoms with van der Waals surface area (Å²) in [5, 5.41) is 0. The van der Waals surface area contributed by atoms with Crippen LogP contribution in [0.4, 0.5) is 4.39 Å². The molecule has 3 aromatic heterocycles. The molecule has 0 aliphatic heterocycles. The smallest absolute Gasteiger partial charge is 0.286 e. The lowest BCUT2D eigenvalue weighted by Crippen LogP contribution is -2.24. The lowest BCUT2D eigenvalue weighted by molar-refractivity contribution is -0.113. The van der Waals surface area contributed by atoms with E-state index in [0.717, 1.165) is 6.07 Å². The zero-order valence-electron chi connectivity index (χ0n) is 14.6. The molecule has 0 aliphatic carbocycles. The van der Waals surface area contributed by atoms with Gasteiger partial charge in [-0.15, -0.1) is 0 Å². The summed E-state index contributed by atoms with van der Waals surface area (Å²) in [6.45, 7) is 2.87. The number of ether oxygens (including phenoxy) is 1. The second kappa shape index (κ2) is 7.92. The van der Waals surface area contributed by atoms with Crippen LogP contribution in [-0.2, 0) is 16.1 Å². The Kier molecular flexibility index (Phi) is 5.41. The summed E-state index contributed by atoms with van der Waals surface area (Å²) in [6, 6.07) is 1.13. The molecule has 0 aliphatic rings. The van der Waals surface area contributed by atoms with Crippen LogP contribution < -0.4 is 11.3 Å². The molecule has 0 radical (unpaired) electrons. The molecule has 0 spiro atoms. The van der Waals surface area contributed by atoms with Gasteiger partial charge in [-0.05, 0) is 19.1 Å². The molecule has 27 heavy (non-hydrogen) atoms. The molecule has 3 heterocycles. The van der Waals surface area contributed by atoms with E-state index in [-0.39, 0.29) is 6.54 Å². The van der Waals surface area contributed by atoms with Crippen molar-refractivity contribution in [1.82, 2.24) is 19.5 Å². The highest BCUT2D eigenvalue weighted by Gasteiger charge is 2.12. The number of hydrogen-bond acceptors (Lipinski definition) is 5. The van der Waals surface area contributed by atoms with E-state index in [0.29, 0.717) is 41.2 Å². The Morgan fingerprint density at radius 1 is 1.48 bits per heavy atom. The number of aromatic nitrogens is 4. The minimum absolute atomic E-state index is 0.226. The monoisotopic (exact) mass is 371 g/mol. The molecule has 3 rings (SSSR count). The molecule has 8 nitrogen and oxygen atoms in total. The van der Waals surface area contributed by atoms with Crippen LogP contribution in [0.3, 0.4) is 0 Å². The highest BCUT2D eigenvalue weighted by atomic mass is 19.1. The van der Waals surface area contributed by atoms with E-state index >= 15 is 0 Å². The number of carbonyl (C=O) groups is 1. The van der Waals surface area contributed by atoms with Gasteiger partial charge in [-0.25, -0.2) is 14.4 Å². The first-order chi connectivity index (χ1) is 13.0. The molecule has 1 amide bonds. The van der Waals surface area contributed by atoms with Gasteiger partial charge in [0.1, 0.15) is 5.52 Å². The van der Waals surface area contributed by atoms with E-state index in [4.69, 9.17) is 10.5 Å². The summed E-state index contributed by atoms with van der Waals surface area (Å²) < 4.78 is 20.6. The van der Waals surface area contributed by atoms with Gasteiger partial charge in [0.2, 0.25) is 5.91 Å². The van der Waals surface area contributed by atoms with E-state index in [1.165, 1.54) is 29.1 Å². The molecule has 0 atom stereocenters. The Hall–Kier alpha value is -3.33. The van der Waals surface area contributed by atoms with Crippen LogP contribution in [0.2, 0.25) is 0 Å². The van der Waals surface area contributed by atoms with Gasteiger partial charge in [-0.3, -0.25) is 9.59 Å². The molecule has 0 saturated heterocycles. The molecule has 3 aromatic rings. The van der Waals surface area contributed by atoms with Crippen LogP contribution in [0.25, 0.3) is 28.5 Å². The van der Waals surface area contributed by atoms with Gasteiger partial charge in [0, 0.05) is 42.7 Å². The number of halogens is 1. The van der Waals surface area contributed by atoms with Crippen molar-refractivity contribution >= 4 is 23.1 Å². The van der Waals surface area contributed by atoms with E-state index < -0.39 is 17.3 Å². The average Bonchev–Trinajstić information content (AvgIpc) is 3.05. The van der Waals surface area contributed by atoms with Crippen molar-refractivity contribution in [2.75, 3.05) is 13.2 Å². The van der Waals surface area contributed by atoms with Crippen LogP contribution >= 0.6 is 0 Å². The maximum atomic E-state index is 14.1. The Labute approximate surface area is 153 Å². The number of amides is 1. The van der Waals surface area contributed by atoms with Crippen LogP contribution in [0, 0.1) is 5.82 Å². The fourth-order valence-electron chi connectivity index (χ4n) is 2.56. The second-order valence-corrected chi connectivity index (χ2v) is 5.70. The predicted molar refractivity (Wildman–Crippen MR) is 98.3 cm³/mol. The van der Waals surface area contributed by atoms with Gasteiger partial charge in [-0.1, -0.05) is 0 Å². The SMILES string of the molecule is CCOCCn1cc(-c2cnc3[nH]cc(/C=C/C(N)=O)c3n2)cc(F)c1=O. The number of nitrogens with zero attached hydrogens (tertiary/aromatic N) is 3. The third-order valence-corrected chi connectivity index (χ3v) is 3.86. The molecule has 0 unspecified atom stereocenters. The average molecular weight is 371 g/mol. The van der Waals surface area contributed by atoms with Crippen molar-refractivity contribution < 1.29 is 13.9 Å². The van der Waals surface area contributed by atoms with Crippen molar-refractivity contribution in [3.63, 3.8) is 0 Å². The zero-order chi connectivity index (χ0) is 19.4. The lowest BCUT2D eigenvalue weighted by Gasteiger charge is -2.09. The summed E-state index contributed by atoms with van der Waals surface area (Å²) in [7, 11) is 0. The molecule has 0 fully saturated rings. The van der Waals surface area contributed by atoms with Crippen molar-refractivity contribution in [1.29, 1.82) is 0 Å². The van der Waals surface area contributed by atoms with Gasteiger partial charge >= 0.3 is 0 Å². The van der Waals surface area contributed by atoms with Crippen LogP contribution in [-0.4, -0.2) is 38.6 Å². The lowest BCUT2D eigenvalue weighted by atomic mass is 10.2. The van der Waals surface area contributed by atoms with Gasteiger partial charge in [0.15, 0.2) is 11.5 Å². The van der Waals surface area contributed by atoms with Gasteiger partial charge < -0.3 is 20.0 Å². The van der Waals surface area contributed by atoms with E-state index in [1.54, 1.807) is 6.20 Å². The molecule has 9 heteroatoms. The number of nitrogens with two attached hydrogens (primary N) is 1. The third-order valence-electron chi connectivity index (χ3n) is 3.86. The summed E-state index contributed by atoms with van der Waals surface area (Å²) >= 11 is 0. The van der Waals surface area contributed by atoms with E-state index in [2.05, 4.69) is 15.0 Å². The minimum Gasteiger partial charge on any atom is -0.380 e. The summed E-state index contributed by atoms with van der Waals surface area (Å²) in [4.78, 5) is 34.6. The number of hydrogen-bond donors (Lipinski definition) is 2. The normalized spacial score (nSPS) is 11.5. The number of H-pyrrole nitrogens is 1. The Morgan fingerprint density at radius 2 is 2.30 bits per heavy atom. The quantitative estimate of drug-likeness (QED) is 0.482. The highest BCUT2D eigenvalue weighted by Crippen LogP contribution is 2.21. The Bertz CT molecular complexity index is 1070. The molecule has 0 saturated carbocycles. The molecule has 3 N–H and O–H groups in total. The van der Waals surface area contributed by atoms with Crippen LogP contribution in [0.5, 0.6) is 0 Å². The predicted octanol–water partition coefficient (Wildman–Crippen LogP) is 1.46. The Balaban J connectivity index is 2.02. The minimum atomic E-state index is -0.881. The number of carbonyl (C=O) groups excluding carboxylic acids is 1. The molecular formula is C18H18FN5O3. The van der Waals surface area contributed by atoms with Crippen molar-refractivity contribution in [3.8, 4) is 11.3 Å². The molecule has 0 aromatic carbocycles. The molecular weight excluding hydrogens is 353 g/mol. The zero-order valence-corrected chi connectivity index (χ0v) is 14.6. The highest BCUT2D eigenvalue weighted by molar-refractivity contribution is 5.93. The number of fused-ring (bicyclic) bond motifs is 1. The second-order valence-electron chi connectivity index (χ2n) is 5.70. The third kappa shape index (κ3) is 4.09. The van der Waals surface area contributed by atoms with Gasteiger partial charge in [0.25, 0.3) is 5.56 Å². The fraction of sp³-hybridized carbons (Fsp3) is 0.222.